The summed E-state index contributed by atoms with van der Waals surface area (Å²) in [5, 5.41) is 8.63. The summed E-state index contributed by atoms with van der Waals surface area (Å²) in [7, 11) is 1.73. The van der Waals surface area contributed by atoms with Crippen molar-refractivity contribution in [1.29, 1.82) is 0 Å². The molecule has 0 spiro atoms. The van der Waals surface area contributed by atoms with Crippen LogP contribution >= 0.6 is 0 Å². The largest absolute Gasteiger partial charge is 0.340 e. The average molecular weight is 356 g/mol. The fourth-order valence-corrected chi connectivity index (χ4v) is 3.09. The van der Waals surface area contributed by atoms with E-state index in [4.69, 9.17) is 0 Å². The highest BCUT2D eigenvalue weighted by Gasteiger charge is 2.18. The van der Waals surface area contributed by atoms with Gasteiger partial charge in [0.1, 0.15) is 18.4 Å². The van der Waals surface area contributed by atoms with Crippen LogP contribution in [-0.2, 0) is 17.9 Å². The molecule has 1 amide bonds. The summed E-state index contributed by atoms with van der Waals surface area (Å²) >= 11 is 0. The first-order chi connectivity index (χ1) is 12.3. The molecule has 0 fully saturated rings. The Kier molecular flexibility index (Phi) is 4.67. The summed E-state index contributed by atoms with van der Waals surface area (Å²) in [6, 6.07) is 3.75. The van der Waals surface area contributed by atoms with Gasteiger partial charge in [-0.2, -0.15) is 10.2 Å². The molecular formula is C18H24N6O2. The third kappa shape index (κ3) is 3.14. The second-order valence-electron chi connectivity index (χ2n) is 6.83. The minimum absolute atomic E-state index is 0.0899. The van der Waals surface area contributed by atoms with E-state index in [-0.39, 0.29) is 24.1 Å². The van der Waals surface area contributed by atoms with E-state index in [1.807, 2.05) is 18.5 Å². The van der Waals surface area contributed by atoms with Crippen LogP contribution in [0.2, 0.25) is 0 Å². The highest BCUT2D eigenvalue weighted by Crippen LogP contribution is 2.18. The van der Waals surface area contributed by atoms with Crippen molar-refractivity contribution in [2.45, 2.75) is 46.8 Å². The third-order valence-electron chi connectivity index (χ3n) is 4.62. The van der Waals surface area contributed by atoms with E-state index in [0.29, 0.717) is 12.1 Å². The van der Waals surface area contributed by atoms with E-state index in [1.165, 1.54) is 11.0 Å². The lowest BCUT2D eigenvalue weighted by Crippen LogP contribution is -2.35. The smallest absolute Gasteiger partial charge is 0.291 e. The van der Waals surface area contributed by atoms with Gasteiger partial charge in [-0.1, -0.05) is 0 Å². The number of carbonyl (C=O) groups is 1. The molecule has 0 N–H and O–H groups in total. The van der Waals surface area contributed by atoms with Crippen LogP contribution in [0, 0.1) is 13.8 Å². The van der Waals surface area contributed by atoms with Gasteiger partial charge in [-0.25, -0.2) is 4.68 Å². The zero-order valence-corrected chi connectivity index (χ0v) is 15.8. The van der Waals surface area contributed by atoms with Crippen molar-refractivity contribution in [2.75, 3.05) is 7.05 Å². The van der Waals surface area contributed by atoms with E-state index < -0.39 is 0 Å². The van der Waals surface area contributed by atoms with Crippen molar-refractivity contribution in [3.05, 3.63) is 52.0 Å². The van der Waals surface area contributed by atoms with E-state index in [0.717, 1.165) is 17.0 Å². The summed E-state index contributed by atoms with van der Waals surface area (Å²) in [5.74, 6) is -0.174. The molecule has 3 aromatic heterocycles. The fraction of sp³-hybridized carbons (Fsp3) is 0.444. The van der Waals surface area contributed by atoms with Crippen molar-refractivity contribution in [2.24, 2.45) is 0 Å². The highest BCUT2D eigenvalue weighted by molar-refractivity contribution is 5.75. The summed E-state index contributed by atoms with van der Waals surface area (Å²) in [6.45, 7) is 8.48. The molecule has 8 heteroatoms. The molecule has 0 saturated heterocycles. The number of amides is 1. The molecular weight excluding hydrogens is 332 g/mol. The van der Waals surface area contributed by atoms with E-state index in [9.17, 15) is 9.59 Å². The average Bonchev–Trinajstić information content (AvgIpc) is 3.17. The monoisotopic (exact) mass is 356 g/mol. The van der Waals surface area contributed by atoms with Crippen LogP contribution in [0.3, 0.4) is 0 Å². The van der Waals surface area contributed by atoms with Gasteiger partial charge >= 0.3 is 0 Å². The molecule has 3 aromatic rings. The van der Waals surface area contributed by atoms with Crippen molar-refractivity contribution in [1.82, 2.24) is 28.9 Å². The second kappa shape index (κ2) is 6.78. The van der Waals surface area contributed by atoms with Gasteiger partial charge in [0.2, 0.25) is 5.91 Å². The normalized spacial score (nSPS) is 11.5. The molecule has 8 nitrogen and oxygen atoms in total. The number of nitrogens with zero attached hydrogens (tertiary/aromatic N) is 6. The predicted octanol–water partition coefficient (Wildman–Crippen LogP) is 1.55. The Bertz CT molecular complexity index is 1010. The van der Waals surface area contributed by atoms with Crippen LogP contribution in [-0.4, -0.2) is 41.8 Å². The molecule has 0 bridgehead atoms. The first-order valence-corrected chi connectivity index (χ1v) is 8.61. The van der Waals surface area contributed by atoms with Crippen molar-refractivity contribution in [3.8, 4) is 0 Å². The van der Waals surface area contributed by atoms with Crippen molar-refractivity contribution in [3.63, 3.8) is 0 Å². The number of hydrogen-bond donors (Lipinski definition) is 0. The van der Waals surface area contributed by atoms with E-state index >= 15 is 0 Å². The summed E-state index contributed by atoms with van der Waals surface area (Å²) in [5.41, 5.74) is 3.24. The Hall–Kier alpha value is -2.90. The molecule has 3 heterocycles. The molecule has 0 aliphatic rings. The standard InChI is InChI=1S/C18H24N6O2/c1-12(2)24-14(4)15(13(3)20-24)9-21(5)17(25)10-23-18(26)16-7-6-8-22(16)11-19-23/h6-8,11-12H,9-10H2,1-5H3. The zero-order chi connectivity index (χ0) is 19.0. The Morgan fingerprint density at radius 1 is 1.31 bits per heavy atom. The van der Waals surface area contributed by atoms with Crippen LogP contribution in [0.25, 0.3) is 5.52 Å². The minimum atomic E-state index is -0.278. The SMILES string of the molecule is Cc1nn(C(C)C)c(C)c1CN(C)C(=O)Cn1ncn2cccc2c1=O. The summed E-state index contributed by atoms with van der Waals surface area (Å²) in [4.78, 5) is 26.6. The lowest BCUT2D eigenvalue weighted by molar-refractivity contribution is -0.131. The first-order valence-electron chi connectivity index (χ1n) is 8.61. The van der Waals surface area contributed by atoms with Gasteiger partial charge < -0.3 is 9.30 Å². The molecule has 26 heavy (non-hydrogen) atoms. The molecule has 0 aliphatic carbocycles. The van der Waals surface area contributed by atoms with E-state index in [1.54, 1.807) is 34.7 Å². The summed E-state index contributed by atoms with van der Waals surface area (Å²) in [6.07, 6.45) is 3.28. The van der Waals surface area contributed by atoms with Gasteiger partial charge in [-0.15, -0.1) is 0 Å². The maximum Gasteiger partial charge on any atom is 0.291 e. The number of aromatic nitrogens is 5. The predicted molar refractivity (Wildman–Crippen MR) is 98.0 cm³/mol. The van der Waals surface area contributed by atoms with Gasteiger partial charge in [0.05, 0.1) is 5.69 Å². The van der Waals surface area contributed by atoms with Crippen molar-refractivity contribution < 1.29 is 4.79 Å². The molecule has 0 atom stereocenters. The number of carbonyl (C=O) groups excluding carboxylic acids is 1. The first kappa shape index (κ1) is 17.9. The van der Waals surface area contributed by atoms with Crippen LogP contribution in [0.4, 0.5) is 0 Å². The summed E-state index contributed by atoms with van der Waals surface area (Å²) < 4.78 is 4.81. The Morgan fingerprint density at radius 2 is 2.04 bits per heavy atom. The highest BCUT2D eigenvalue weighted by atomic mass is 16.2. The number of fused-ring (bicyclic) bond motifs is 1. The third-order valence-corrected chi connectivity index (χ3v) is 4.62. The number of hydrogen-bond acceptors (Lipinski definition) is 4. The molecule has 0 saturated carbocycles. The topological polar surface area (TPSA) is 77.4 Å². The van der Waals surface area contributed by atoms with E-state index in [2.05, 4.69) is 24.0 Å². The zero-order valence-electron chi connectivity index (χ0n) is 15.8. The number of aryl methyl sites for hydroxylation is 1. The molecule has 0 aromatic carbocycles. The van der Waals surface area contributed by atoms with Gasteiger partial charge in [0.15, 0.2) is 0 Å². The Balaban J connectivity index is 1.78. The maximum atomic E-state index is 12.6. The lowest BCUT2D eigenvalue weighted by atomic mass is 10.2. The van der Waals surface area contributed by atoms with Crippen molar-refractivity contribution >= 4 is 11.4 Å². The molecule has 0 unspecified atom stereocenters. The van der Waals surface area contributed by atoms with Gasteiger partial charge in [0, 0.05) is 37.1 Å². The fourth-order valence-electron chi connectivity index (χ4n) is 3.09. The minimum Gasteiger partial charge on any atom is -0.340 e. The van der Waals surface area contributed by atoms with Crippen LogP contribution in [0.5, 0.6) is 0 Å². The van der Waals surface area contributed by atoms with Crippen LogP contribution in [0.1, 0.15) is 36.8 Å². The molecule has 3 rings (SSSR count). The molecule has 0 radical (unpaired) electrons. The molecule has 138 valence electrons. The Morgan fingerprint density at radius 3 is 2.69 bits per heavy atom. The molecule has 0 aliphatic heterocycles. The van der Waals surface area contributed by atoms with Crippen LogP contribution < -0.4 is 5.56 Å². The quantitative estimate of drug-likeness (QED) is 0.695. The van der Waals surface area contributed by atoms with Gasteiger partial charge in [-0.05, 0) is 39.8 Å². The number of rotatable bonds is 5. The number of likely N-dealkylation sites (N-methyl/N-ethyl adjacent to an activating group) is 1. The van der Waals surface area contributed by atoms with Gasteiger partial charge in [-0.3, -0.25) is 14.3 Å². The van der Waals surface area contributed by atoms with Gasteiger partial charge in [0.25, 0.3) is 5.56 Å². The maximum absolute atomic E-state index is 12.6. The Labute approximate surface area is 151 Å². The lowest BCUT2D eigenvalue weighted by Gasteiger charge is -2.18. The van der Waals surface area contributed by atoms with Crippen LogP contribution in [0.15, 0.2) is 29.5 Å². The second-order valence-corrected chi connectivity index (χ2v) is 6.83.